The Morgan fingerprint density at radius 2 is 1.71 bits per heavy atom. The van der Waals surface area contributed by atoms with E-state index >= 15 is 0 Å². The van der Waals surface area contributed by atoms with Crippen LogP contribution in [-0.2, 0) is 22.6 Å². The van der Waals surface area contributed by atoms with E-state index in [0.29, 0.717) is 17.1 Å². The van der Waals surface area contributed by atoms with Crippen LogP contribution in [0.2, 0.25) is 0 Å². The number of hydrogen-bond donors (Lipinski definition) is 0. The molecule has 35 heavy (non-hydrogen) atoms. The monoisotopic (exact) mass is 477 g/mol. The van der Waals surface area contributed by atoms with Gasteiger partial charge in [0, 0.05) is 17.6 Å². The van der Waals surface area contributed by atoms with Gasteiger partial charge in [-0.2, -0.15) is 4.98 Å². The summed E-state index contributed by atoms with van der Waals surface area (Å²) in [6.45, 7) is 6.09. The molecule has 0 bridgehead atoms. The van der Waals surface area contributed by atoms with Gasteiger partial charge in [-0.15, -0.1) is 0 Å². The Morgan fingerprint density at radius 3 is 2.37 bits per heavy atom. The van der Waals surface area contributed by atoms with Crippen LogP contribution in [0.5, 0.6) is 5.75 Å². The molecule has 1 aliphatic rings. The summed E-state index contributed by atoms with van der Waals surface area (Å²) in [5, 5.41) is 3.96. The minimum Gasteiger partial charge on any atom is -0.484 e. The highest BCUT2D eigenvalue weighted by Gasteiger charge is 2.29. The predicted molar refractivity (Wildman–Crippen MR) is 130 cm³/mol. The van der Waals surface area contributed by atoms with Gasteiger partial charge in [0.15, 0.2) is 13.2 Å². The quantitative estimate of drug-likeness (QED) is 0.429. The molecule has 1 saturated heterocycles. The highest BCUT2D eigenvalue weighted by molar-refractivity contribution is 5.89. The van der Waals surface area contributed by atoms with E-state index in [1.165, 1.54) is 5.56 Å². The van der Waals surface area contributed by atoms with Gasteiger partial charge in [-0.1, -0.05) is 36.3 Å². The number of nitrogens with zero attached hydrogens (tertiary/aromatic N) is 3. The second-order valence-corrected chi connectivity index (χ2v) is 8.88. The van der Waals surface area contributed by atoms with Gasteiger partial charge < -0.3 is 18.9 Å². The molecule has 1 aliphatic heterocycles. The van der Waals surface area contributed by atoms with Crippen LogP contribution in [0.4, 0.5) is 0 Å². The van der Waals surface area contributed by atoms with E-state index < -0.39 is 5.97 Å². The molecule has 0 radical (unpaired) electrons. The number of esters is 1. The molecule has 1 fully saturated rings. The Hall–Kier alpha value is -3.68. The lowest BCUT2D eigenvalue weighted by atomic mass is 9.97. The van der Waals surface area contributed by atoms with Crippen molar-refractivity contribution in [3.63, 3.8) is 0 Å². The van der Waals surface area contributed by atoms with Gasteiger partial charge in [0.2, 0.25) is 5.82 Å². The summed E-state index contributed by atoms with van der Waals surface area (Å²) in [7, 11) is 0. The molecule has 8 nitrogen and oxygen atoms in total. The second kappa shape index (κ2) is 11.2. The van der Waals surface area contributed by atoms with Crippen LogP contribution in [-0.4, -0.2) is 45.6 Å². The zero-order chi connectivity index (χ0) is 24.8. The predicted octanol–water partition coefficient (Wildman–Crippen LogP) is 4.82. The van der Waals surface area contributed by atoms with Gasteiger partial charge in [0.25, 0.3) is 11.8 Å². The fourth-order valence-corrected chi connectivity index (χ4v) is 4.35. The first kappa shape index (κ1) is 24.4. The third kappa shape index (κ3) is 6.07. The third-order valence-electron chi connectivity index (χ3n) is 6.35. The van der Waals surface area contributed by atoms with Crippen molar-refractivity contribution in [2.45, 2.75) is 65.1 Å². The molecule has 1 amide bonds. The van der Waals surface area contributed by atoms with Crippen molar-refractivity contribution in [1.82, 2.24) is 15.0 Å². The number of rotatable bonds is 8. The molecule has 0 N–H and O–H groups in total. The Labute approximate surface area is 205 Å². The lowest BCUT2D eigenvalue weighted by Crippen LogP contribution is -2.49. The van der Waals surface area contributed by atoms with Crippen molar-refractivity contribution < 1.29 is 23.6 Å². The molecule has 184 valence electrons. The van der Waals surface area contributed by atoms with Crippen LogP contribution < -0.4 is 4.74 Å². The lowest BCUT2D eigenvalue weighted by molar-refractivity contribution is -0.139. The van der Waals surface area contributed by atoms with Crippen molar-refractivity contribution in [1.29, 1.82) is 0 Å². The number of carbonyl (C=O) groups excluding carboxylic acids is 2. The van der Waals surface area contributed by atoms with Gasteiger partial charge in [-0.05, 0) is 69.4 Å². The Kier molecular flexibility index (Phi) is 7.80. The van der Waals surface area contributed by atoms with Crippen LogP contribution in [0.3, 0.4) is 0 Å². The molecule has 4 rings (SSSR count). The van der Waals surface area contributed by atoms with Gasteiger partial charge in [-0.3, -0.25) is 4.79 Å². The van der Waals surface area contributed by atoms with Gasteiger partial charge >= 0.3 is 5.97 Å². The maximum atomic E-state index is 12.6. The Balaban J connectivity index is 1.27. The summed E-state index contributed by atoms with van der Waals surface area (Å²) in [5.74, 6) is 0.641. The first-order chi connectivity index (χ1) is 16.9. The average Bonchev–Trinajstić information content (AvgIpc) is 3.35. The highest BCUT2D eigenvalue weighted by atomic mass is 16.6. The molecule has 0 aliphatic carbocycles. The molecule has 0 spiro atoms. The standard InChI is InChI=1S/C27H31N3O5/c1-4-20-8-10-21(11-9-20)26-28-24(35-29-26)16-34-27(32)22-12-14-23(15-13-22)33-17-25(31)30-18(2)6-5-7-19(30)3/h8-15,18-19H,4-7,16-17H2,1-3H3/t18-,19-/m0/s1. The van der Waals surface area contributed by atoms with E-state index in [9.17, 15) is 9.59 Å². The van der Waals surface area contributed by atoms with Gasteiger partial charge in [0.05, 0.1) is 5.56 Å². The van der Waals surface area contributed by atoms with Crippen molar-refractivity contribution in [3.05, 3.63) is 65.5 Å². The number of benzene rings is 2. The molecule has 2 atom stereocenters. The molecule has 8 heteroatoms. The van der Waals surface area contributed by atoms with E-state index in [1.54, 1.807) is 24.3 Å². The summed E-state index contributed by atoms with van der Waals surface area (Å²) in [6.07, 6.45) is 4.13. The molecule has 2 heterocycles. The number of amides is 1. The van der Waals surface area contributed by atoms with Crippen molar-refractivity contribution in [2.75, 3.05) is 6.61 Å². The van der Waals surface area contributed by atoms with E-state index in [-0.39, 0.29) is 37.1 Å². The maximum Gasteiger partial charge on any atom is 0.338 e. The van der Waals surface area contributed by atoms with Crippen LogP contribution in [0.15, 0.2) is 53.1 Å². The van der Waals surface area contributed by atoms with Crippen molar-refractivity contribution in [3.8, 4) is 17.1 Å². The van der Waals surface area contributed by atoms with Crippen LogP contribution in [0.1, 0.15) is 61.8 Å². The first-order valence-corrected chi connectivity index (χ1v) is 12.1. The molecule has 1 aromatic heterocycles. The summed E-state index contributed by atoms with van der Waals surface area (Å²) in [4.78, 5) is 31.2. The van der Waals surface area contributed by atoms with Crippen molar-refractivity contribution in [2.24, 2.45) is 0 Å². The topological polar surface area (TPSA) is 94.8 Å². The Morgan fingerprint density at radius 1 is 1.03 bits per heavy atom. The molecule has 0 saturated carbocycles. The fourth-order valence-electron chi connectivity index (χ4n) is 4.35. The number of aromatic nitrogens is 2. The number of carbonyl (C=O) groups is 2. The molecular formula is C27H31N3O5. The summed E-state index contributed by atoms with van der Waals surface area (Å²) in [6, 6.07) is 14.9. The molecular weight excluding hydrogens is 446 g/mol. The number of ether oxygens (including phenoxy) is 2. The molecule has 0 unspecified atom stereocenters. The van der Waals surface area contributed by atoms with Crippen LogP contribution in [0, 0.1) is 0 Å². The van der Waals surface area contributed by atoms with Crippen LogP contribution in [0.25, 0.3) is 11.4 Å². The number of aryl methyl sites for hydroxylation is 1. The SMILES string of the molecule is CCc1ccc(-c2noc(COC(=O)c3ccc(OCC(=O)N4[C@@H](C)CCC[C@@H]4C)cc3)n2)cc1. The Bertz CT molecular complexity index is 1130. The van der Waals surface area contributed by atoms with Crippen molar-refractivity contribution >= 4 is 11.9 Å². The van der Waals surface area contributed by atoms with E-state index in [2.05, 4.69) is 30.9 Å². The number of likely N-dealkylation sites (tertiary alicyclic amines) is 1. The fraction of sp³-hybridized carbons (Fsp3) is 0.407. The smallest absolute Gasteiger partial charge is 0.338 e. The zero-order valence-electron chi connectivity index (χ0n) is 20.4. The second-order valence-electron chi connectivity index (χ2n) is 8.88. The van der Waals surface area contributed by atoms with E-state index in [0.717, 1.165) is 31.2 Å². The zero-order valence-corrected chi connectivity index (χ0v) is 20.4. The summed E-state index contributed by atoms with van der Waals surface area (Å²) in [5.41, 5.74) is 2.42. The van der Waals surface area contributed by atoms with Gasteiger partial charge in [0.1, 0.15) is 5.75 Å². The maximum absolute atomic E-state index is 12.6. The molecule has 2 aromatic carbocycles. The average molecular weight is 478 g/mol. The minimum atomic E-state index is -0.518. The van der Waals surface area contributed by atoms with Gasteiger partial charge in [-0.25, -0.2) is 4.79 Å². The summed E-state index contributed by atoms with van der Waals surface area (Å²) >= 11 is 0. The number of piperidine rings is 1. The lowest BCUT2D eigenvalue weighted by Gasteiger charge is -2.38. The minimum absolute atomic E-state index is 0.0200. The summed E-state index contributed by atoms with van der Waals surface area (Å²) < 4.78 is 16.2. The molecule has 3 aromatic rings. The number of hydrogen-bond acceptors (Lipinski definition) is 7. The third-order valence-corrected chi connectivity index (χ3v) is 6.35. The van der Waals surface area contributed by atoms with Crippen LogP contribution >= 0.6 is 0 Å². The largest absolute Gasteiger partial charge is 0.484 e. The first-order valence-electron chi connectivity index (χ1n) is 12.1. The van der Waals surface area contributed by atoms with E-state index in [1.807, 2.05) is 29.2 Å². The van der Waals surface area contributed by atoms with E-state index in [4.69, 9.17) is 14.0 Å². The highest BCUT2D eigenvalue weighted by Crippen LogP contribution is 2.23. The normalized spacial score (nSPS) is 17.7.